The molecule has 0 aliphatic carbocycles. The molecule has 0 aliphatic rings. The highest BCUT2D eigenvalue weighted by Gasteiger charge is 1.99. The van der Waals surface area contributed by atoms with Crippen LogP contribution in [0.25, 0.3) is 0 Å². The van der Waals surface area contributed by atoms with Crippen molar-refractivity contribution in [2.24, 2.45) is 11.6 Å². The Labute approximate surface area is 82.4 Å². The zero-order valence-corrected chi connectivity index (χ0v) is 8.14. The third-order valence-corrected chi connectivity index (χ3v) is 1.63. The zero-order chi connectivity index (χ0) is 9.84. The molecule has 0 fully saturated rings. The van der Waals surface area contributed by atoms with Crippen molar-refractivity contribution in [1.82, 2.24) is 5.43 Å². The average Bonchev–Trinajstić information content (AvgIpc) is 2.04. The Morgan fingerprint density at radius 2 is 1.92 bits per heavy atom. The molecule has 0 bridgehead atoms. The standard InChI is InChI=1S/C8H12N4S/c1-6-2-4-7(5-3-6)12(10)11-8(9)13/h2-5H,10H2,1H3,(H3,9,11,13). The summed E-state index contributed by atoms with van der Waals surface area (Å²) in [7, 11) is 0. The number of hydrogen-bond donors (Lipinski definition) is 3. The van der Waals surface area contributed by atoms with Gasteiger partial charge in [0.05, 0.1) is 5.69 Å². The molecule has 0 heterocycles. The van der Waals surface area contributed by atoms with Gasteiger partial charge < -0.3 is 5.73 Å². The molecule has 0 radical (unpaired) electrons. The molecule has 13 heavy (non-hydrogen) atoms. The van der Waals surface area contributed by atoms with Crippen molar-refractivity contribution in [3.05, 3.63) is 29.8 Å². The quantitative estimate of drug-likeness (QED) is 0.363. The van der Waals surface area contributed by atoms with E-state index >= 15 is 0 Å². The maximum atomic E-state index is 5.60. The van der Waals surface area contributed by atoms with Crippen molar-refractivity contribution in [3.8, 4) is 0 Å². The van der Waals surface area contributed by atoms with Gasteiger partial charge in [0.1, 0.15) is 0 Å². The average molecular weight is 196 g/mol. The van der Waals surface area contributed by atoms with Gasteiger partial charge in [-0.1, -0.05) is 17.7 Å². The second-order valence-corrected chi connectivity index (χ2v) is 3.12. The van der Waals surface area contributed by atoms with Gasteiger partial charge in [-0.05, 0) is 31.3 Å². The van der Waals surface area contributed by atoms with E-state index in [-0.39, 0.29) is 5.11 Å². The zero-order valence-electron chi connectivity index (χ0n) is 7.32. The Morgan fingerprint density at radius 1 is 1.38 bits per heavy atom. The summed E-state index contributed by atoms with van der Waals surface area (Å²) in [5, 5.41) is 1.42. The Kier molecular flexibility index (Phi) is 3.05. The number of thiocarbonyl (C=S) groups is 1. The van der Waals surface area contributed by atoms with E-state index in [9.17, 15) is 0 Å². The van der Waals surface area contributed by atoms with Crippen molar-refractivity contribution >= 4 is 23.0 Å². The van der Waals surface area contributed by atoms with Crippen LogP contribution in [0.5, 0.6) is 0 Å². The molecule has 0 aromatic heterocycles. The number of hydrazine groups is 2. The molecular weight excluding hydrogens is 184 g/mol. The van der Waals surface area contributed by atoms with E-state index in [4.69, 9.17) is 11.6 Å². The minimum Gasteiger partial charge on any atom is -0.375 e. The highest BCUT2D eigenvalue weighted by Crippen LogP contribution is 2.09. The number of nitrogens with two attached hydrogens (primary N) is 2. The first kappa shape index (κ1) is 9.76. The molecule has 0 unspecified atom stereocenters. The Morgan fingerprint density at radius 3 is 2.38 bits per heavy atom. The lowest BCUT2D eigenvalue weighted by Crippen LogP contribution is -2.49. The summed E-state index contributed by atoms with van der Waals surface area (Å²) in [6.45, 7) is 2.01. The Balaban J connectivity index is 2.71. The highest BCUT2D eigenvalue weighted by atomic mass is 32.1. The molecule has 0 saturated carbocycles. The van der Waals surface area contributed by atoms with E-state index in [2.05, 4.69) is 17.6 Å². The largest absolute Gasteiger partial charge is 0.375 e. The number of rotatable bonds is 2. The van der Waals surface area contributed by atoms with Gasteiger partial charge in [0.2, 0.25) is 0 Å². The van der Waals surface area contributed by atoms with Crippen molar-refractivity contribution in [2.75, 3.05) is 5.12 Å². The first-order valence-corrected chi connectivity index (χ1v) is 4.18. The molecule has 1 aromatic rings. The summed E-state index contributed by atoms with van der Waals surface area (Å²) in [4.78, 5) is 0. The van der Waals surface area contributed by atoms with E-state index in [1.54, 1.807) is 0 Å². The third kappa shape index (κ3) is 2.89. The van der Waals surface area contributed by atoms with Crippen LogP contribution in [-0.4, -0.2) is 5.11 Å². The lowest BCUT2D eigenvalue weighted by molar-refractivity contribution is 0.815. The SMILES string of the molecule is Cc1ccc(N(N)NC(N)=S)cc1. The van der Waals surface area contributed by atoms with E-state index in [0.717, 1.165) is 5.69 Å². The van der Waals surface area contributed by atoms with Gasteiger partial charge in [0.25, 0.3) is 0 Å². The molecule has 5 N–H and O–H groups in total. The number of anilines is 1. The topological polar surface area (TPSA) is 67.3 Å². The van der Waals surface area contributed by atoms with E-state index in [0.29, 0.717) is 0 Å². The van der Waals surface area contributed by atoms with Crippen molar-refractivity contribution in [3.63, 3.8) is 0 Å². The first-order chi connectivity index (χ1) is 6.09. The number of benzene rings is 1. The normalized spacial score (nSPS) is 9.38. The van der Waals surface area contributed by atoms with Gasteiger partial charge in [0, 0.05) is 0 Å². The van der Waals surface area contributed by atoms with Gasteiger partial charge >= 0.3 is 0 Å². The number of hydrogen-bond acceptors (Lipinski definition) is 3. The van der Waals surface area contributed by atoms with Crippen LogP contribution < -0.4 is 22.1 Å². The van der Waals surface area contributed by atoms with Gasteiger partial charge in [0.15, 0.2) is 5.11 Å². The molecule has 1 aromatic carbocycles. The molecule has 70 valence electrons. The fourth-order valence-corrected chi connectivity index (χ4v) is 0.987. The maximum Gasteiger partial charge on any atom is 0.183 e. The first-order valence-electron chi connectivity index (χ1n) is 3.77. The predicted molar refractivity (Wildman–Crippen MR) is 57.8 cm³/mol. The Hall–Kier alpha value is -1.33. The molecule has 0 amide bonds. The van der Waals surface area contributed by atoms with Crippen LogP contribution in [0.4, 0.5) is 5.69 Å². The summed E-state index contributed by atoms with van der Waals surface area (Å²) < 4.78 is 0. The fraction of sp³-hybridized carbons (Fsp3) is 0.125. The smallest absolute Gasteiger partial charge is 0.183 e. The number of aryl methyl sites for hydroxylation is 1. The molecular formula is C8H12N4S. The lowest BCUT2D eigenvalue weighted by atomic mass is 10.2. The number of nitrogens with zero attached hydrogens (tertiary/aromatic N) is 1. The second kappa shape index (κ2) is 4.06. The van der Waals surface area contributed by atoms with Crippen LogP contribution in [-0.2, 0) is 0 Å². The van der Waals surface area contributed by atoms with E-state index in [1.807, 2.05) is 31.2 Å². The molecule has 0 aliphatic heterocycles. The molecule has 1 rings (SSSR count). The minimum absolute atomic E-state index is 0.142. The molecule has 0 saturated heterocycles. The van der Waals surface area contributed by atoms with Crippen LogP contribution in [0.3, 0.4) is 0 Å². The molecule has 0 spiro atoms. The second-order valence-electron chi connectivity index (χ2n) is 2.68. The van der Waals surface area contributed by atoms with Crippen LogP contribution in [0, 0.1) is 6.92 Å². The monoisotopic (exact) mass is 196 g/mol. The van der Waals surface area contributed by atoms with Gasteiger partial charge in [-0.3, -0.25) is 5.43 Å². The summed E-state index contributed by atoms with van der Waals surface area (Å²) in [5.74, 6) is 5.60. The molecule has 5 heteroatoms. The molecule has 0 atom stereocenters. The van der Waals surface area contributed by atoms with E-state index in [1.165, 1.54) is 10.7 Å². The van der Waals surface area contributed by atoms with Crippen molar-refractivity contribution < 1.29 is 0 Å². The van der Waals surface area contributed by atoms with Crippen LogP contribution >= 0.6 is 12.2 Å². The van der Waals surface area contributed by atoms with Gasteiger partial charge in [-0.15, -0.1) is 0 Å². The van der Waals surface area contributed by atoms with E-state index < -0.39 is 0 Å². The summed E-state index contributed by atoms with van der Waals surface area (Å²) >= 11 is 4.64. The van der Waals surface area contributed by atoms with Crippen molar-refractivity contribution in [2.45, 2.75) is 6.92 Å². The van der Waals surface area contributed by atoms with Crippen LogP contribution in [0.1, 0.15) is 5.56 Å². The van der Waals surface area contributed by atoms with Crippen LogP contribution in [0.15, 0.2) is 24.3 Å². The van der Waals surface area contributed by atoms with Gasteiger partial charge in [-0.2, -0.15) is 0 Å². The number of nitrogens with one attached hydrogen (secondary N) is 1. The maximum absolute atomic E-state index is 5.60. The third-order valence-electron chi connectivity index (χ3n) is 1.54. The molecule has 4 nitrogen and oxygen atoms in total. The highest BCUT2D eigenvalue weighted by molar-refractivity contribution is 7.80. The van der Waals surface area contributed by atoms with Crippen LogP contribution in [0.2, 0.25) is 0 Å². The minimum atomic E-state index is 0.142. The predicted octanol–water partition coefficient (Wildman–Crippen LogP) is 0.423. The summed E-state index contributed by atoms with van der Waals surface area (Å²) in [6.07, 6.45) is 0. The van der Waals surface area contributed by atoms with Gasteiger partial charge in [-0.25, -0.2) is 11.0 Å². The lowest BCUT2D eigenvalue weighted by Gasteiger charge is -2.19. The summed E-state index contributed by atoms with van der Waals surface area (Å²) in [5.41, 5.74) is 9.84. The Bertz CT molecular complexity index is 296. The summed E-state index contributed by atoms with van der Waals surface area (Å²) in [6, 6.07) is 7.66. The van der Waals surface area contributed by atoms with Crippen molar-refractivity contribution in [1.29, 1.82) is 0 Å². The fourth-order valence-electron chi connectivity index (χ4n) is 0.889.